The lowest BCUT2D eigenvalue weighted by Gasteiger charge is -2.14. The molecule has 1 aromatic carbocycles. The van der Waals surface area contributed by atoms with Crippen molar-refractivity contribution in [1.29, 1.82) is 0 Å². The van der Waals surface area contributed by atoms with Gasteiger partial charge in [0, 0.05) is 51.2 Å². The van der Waals surface area contributed by atoms with E-state index in [0.29, 0.717) is 37.3 Å². The molecule has 0 amide bonds. The van der Waals surface area contributed by atoms with Crippen LogP contribution in [-0.4, -0.2) is 50.5 Å². The first-order valence-corrected chi connectivity index (χ1v) is 10.3. The number of aromatic nitrogens is 1. The maximum Gasteiger partial charge on any atom is 0.224 e. The molecular weight excluding hydrogens is 514 g/mol. The van der Waals surface area contributed by atoms with Gasteiger partial charge in [-0.2, -0.15) is 0 Å². The van der Waals surface area contributed by atoms with Crippen molar-refractivity contribution < 1.29 is 18.6 Å². The highest BCUT2D eigenvalue weighted by atomic mass is 127. The van der Waals surface area contributed by atoms with Crippen molar-refractivity contribution in [2.75, 3.05) is 33.4 Å². The summed E-state index contributed by atoms with van der Waals surface area (Å²) in [6, 6.07) is 9.72. The minimum atomic E-state index is -0.354. The third-order valence-corrected chi connectivity index (χ3v) is 4.62. The van der Waals surface area contributed by atoms with Crippen LogP contribution in [0.3, 0.4) is 0 Å². The van der Waals surface area contributed by atoms with Gasteiger partial charge in [-0.3, -0.25) is 4.99 Å². The molecule has 0 bridgehead atoms. The molecule has 1 aliphatic rings. The molecule has 2 N–H and O–H groups in total. The smallest absolute Gasteiger partial charge is 0.224 e. The van der Waals surface area contributed by atoms with E-state index in [1.54, 1.807) is 25.4 Å². The summed E-state index contributed by atoms with van der Waals surface area (Å²) in [4.78, 5) is 8.50. The number of benzene rings is 1. The van der Waals surface area contributed by atoms with Gasteiger partial charge in [-0.15, -0.1) is 24.0 Å². The first kappa shape index (κ1) is 25.3. The second kappa shape index (κ2) is 14.2. The lowest BCUT2D eigenvalue weighted by atomic mass is 10.2. The van der Waals surface area contributed by atoms with Crippen molar-refractivity contribution in [3.05, 3.63) is 54.0 Å². The van der Waals surface area contributed by atoms with E-state index in [-0.39, 0.29) is 35.9 Å². The highest BCUT2D eigenvalue weighted by Gasteiger charge is 2.15. The Morgan fingerprint density at radius 1 is 1.29 bits per heavy atom. The number of rotatable bonds is 10. The zero-order valence-electron chi connectivity index (χ0n) is 17.7. The summed E-state index contributed by atoms with van der Waals surface area (Å²) in [5, 5.41) is 6.50. The molecule has 0 aliphatic carbocycles. The van der Waals surface area contributed by atoms with Crippen molar-refractivity contribution >= 4 is 29.9 Å². The van der Waals surface area contributed by atoms with Gasteiger partial charge in [-0.1, -0.05) is 12.1 Å². The molecule has 2 aromatic rings. The number of halogens is 2. The quantitative estimate of drug-likeness (QED) is 0.205. The topological polar surface area (TPSA) is 77.0 Å². The molecule has 9 heteroatoms. The number of hydrogen-bond donors (Lipinski definition) is 2. The summed E-state index contributed by atoms with van der Waals surface area (Å²) in [5.74, 6) is 1.15. The molecule has 0 radical (unpaired) electrons. The highest BCUT2D eigenvalue weighted by molar-refractivity contribution is 14.0. The Morgan fingerprint density at radius 2 is 2.19 bits per heavy atom. The summed E-state index contributed by atoms with van der Waals surface area (Å²) in [6.07, 6.45) is 4.99. The Kier molecular flexibility index (Phi) is 11.5. The van der Waals surface area contributed by atoms with Crippen molar-refractivity contribution in [1.82, 2.24) is 15.6 Å². The molecule has 7 nitrogen and oxygen atoms in total. The highest BCUT2D eigenvalue weighted by Crippen LogP contribution is 2.23. The van der Waals surface area contributed by atoms with Gasteiger partial charge in [0.2, 0.25) is 5.88 Å². The van der Waals surface area contributed by atoms with Gasteiger partial charge in [0.05, 0.1) is 12.7 Å². The van der Waals surface area contributed by atoms with Gasteiger partial charge < -0.3 is 24.8 Å². The summed E-state index contributed by atoms with van der Waals surface area (Å²) in [7, 11) is 1.72. The van der Waals surface area contributed by atoms with Gasteiger partial charge in [-0.05, 0) is 37.5 Å². The standard InChI is InChI=1S/C22H29FN4O3.HI/c1-24-22(26-11-5-12-28-16-20-9-4-13-29-20)27-15-17-6-3-10-25-21(17)30-19-8-2-7-18(23)14-19;/h2-3,6-8,10,14,20H,4-5,9,11-13,15-16H2,1H3,(H2,24,26,27);1H. The monoisotopic (exact) mass is 544 g/mol. The number of nitrogens with zero attached hydrogens (tertiary/aromatic N) is 2. The number of aliphatic imine (C=N–C) groups is 1. The van der Waals surface area contributed by atoms with Crippen molar-refractivity contribution in [2.45, 2.75) is 31.9 Å². The first-order chi connectivity index (χ1) is 14.7. The zero-order chi connectivity index (χ0) is 21.0. The molecule has 3 rings (SSSR count). The minimum Gasteiger partial charge on any atom is -0.439 e. The third-order valence-electron chi connectivity index (χ3n) is 4.62. The normalized spacial score (nSPS) is 15.9. The van der Waals surface area contributed by atoms with Gasteiger partial charge in [-0.25, -0.2) is 9.37 Å². The van der Waals surface area contributed by atoms with Crippen LogP contribution in [-0.2, 0) is 16.0 Å². The largest absolute Gasteiger partial charge is 0.439 e. The SMILES string of the molecule is CN=C(NCCCOCC1CCCO1)NCc1cccnc1Oc1cccc(F)c1.I. The van der Waals surface area contributed by atoms with E-state index < -0.39 is 0 Å². The second-order valence-electron chi connectivity index (χ2n) is 6.94. The van der Waals surface area contributed by atoms with Crippen LogP contribution in [0.25, 0.3) is 0 Å². The Morgan fingerprint density at radius 3 is 2.97 bits per heavy atom. The molecule has 0 saturated carbocycles. The summed E-state index contributed by atoms with van der Waals surface area (Å²) in [6.45, 7) is 3.40. The molecule has 1 saturated heterocycles. The predicted molar refractivity (Wildman–Crippen MR) is 129 cm³/mol. The van der Waals surface area contributed by atoms with Crippen LogP contribution in [0.2, 0.25) is 0 Å². The molecular formula is C22H30FIN4O3. The number of nitrogens with one attached hydrogen (secondary N) is 2. The lowest BCUT2D eigenvalue weighted by molar-refractivity contribution is 0.0168. The van der Waals surface area contributed by atoms with E-state index >= 15 is 0 Å². The number of pyridine rings is 1. The van der Waals surface area contributed by atoms with Crippen molar-refractivity contribution in [2.24, 2.45) is 4.99 Å². The van der Waals surface area contributed by atoms with Crippen LogP contribution in [0.5, 0.6) is 11.6 Å². The van der Waals surface area contributed by atoms with Gasteiger partial charge in [0.1, 0.15) is 11.6 Å². The average molecular weight is 544 g/mol. The molecule has 0 spiro atoms. The van der Waals surface area contributed by atoms with Crippen molar-refractivity contribution in [3.63, 3.8) is 0 Å². The lowest BCUT2D eigenvalue weighted by Crippen LogP contribution is -2.37. The maximum absolute atomic E-state index is 13.4. The van der Waals surface area contributed by atoms with Crippen molar-refractivity contribution in [3.8, 4) is 11.6 Å². The minimum absolute atomic E-state index is 0. The summed E-state index contributed by atoms with van der Waals surface area (Å²) in [5.41, 5.74) is 0.838. The second-order valence-corrected chi connectivity index (χ2v) is 6.94. The Labute approximate surface area is 199 Å². The molecule has 2 heterocycles. The Hall–Kier alpha value is -1.98. The summed E-state index contributed by atoms with van der Waals surface area (Å²) < 4.78 is 30.3. The Balaban J connectivity index is 0.00000341. The zero-order valence-corrected chi connectivity index (χ0v) is 20.0. The van der Waals surface area contributed by atoms with E-state index in [4.69, 9.17) is 14.2 Å². The summed E-state index contributed by atoms with van der Waals surface area (Å²) >= 11 is 0. The van der Waals surface area contributed by atoms with Gasteiger partial charge in [0.25, 0.3) is 0 Å². The molecule has 31 heavy (non-hydrogen) atoms. The van der Waals surface area contributed by atoms with Crippen LogP contribution in [0.1, 0.15) is 24.8 Å². The van der Waals surface area contributed by atoms with E-state index in [1.165, 1.54) is 12.1 Å². The van der Waals surface area contributed by atoms with Gasteiger partial charge in [0.15, 0.2) is 5.96 Å². The van der Waals surface area contributed by atoms with Gasteiger partial charge >= 0.3 is 0 Å². The van der Waals surface area contributed by atoms with Crippen LogP contribution in [0.4, 0.5) is 4.39 Å². The first-order valence-electron chi connectivity index (χ1n) is 10.3. The Bertz CT molecular complexity index is 819. The number of hydrogen-bond acceptors (Lipinski definition) is 5. The number of ether oxygens (including phenoxy) is 3. The van der Waals surface area contributed by atoms with E-state index in [1.807, 2.05) is 12.1 Å². The van der Waals surface area contributed by atoms with Crippen LogP contribution in [0.15, 0.2) is 47.6 Å². The third kappa shape index (κ3) is 8.96. The molecule has 1 atom stereocenters. The molecule has 170 valence electrons. The molecule has 1 unspecified atom stereocenters. The van der Waals surface area contributed by atoms with Crippen LogP contribution in [0, 0.1) is 5.82 Å². The fourth-order valence-corrected chi connectivity index (χ4v) is 3.06. The fourth-order valence-electron chi connectivity index (χ4n) is 3.06. The maximum atomic E-state index is 13.4. The fraction of sp³-hybridized carbons (Fsp3) is 0.455. The van der Waals surface area contributed by atoms with E-state index in [9.17, 15) is 4.39 Å². The van der Waals surface area contributed by atoms with Crippen LogP contribution >= 0.6 is 24.0 Å². The average Bonchev–Trinajstić information content (AvgIpc) is 3.27. The molecule has 1 aromatic heterocycles. The van der Waals surface area contributed by atoms with Crippen LogP contribution < -0.4 is 15.4 Å². The number of guanidine groups is 1. The predicted octanol–water partition coefficient (Wildman–Crippen LogP) is 3.88. The molecule has 1 aliphatic heterocycles. The van der Waals surface area contributed by atoms with E-state index in [0.717, 1.165) is 38.0 Å². The van der Waals surface area contributed by atoms with E-state index in [2.05, 4.69) is 20.6 Å². The molecule has 1 fully saturated rings.